The number of nitrogens with zero attached hydrogens (tertiary/aromatic N) is 2. The van der Waals surface area contributed by atoms with E-state index in [2.05, 4.69) is 14.6 Å². The average molecular weight is 472 g/mol. The van der Waals surface area contributed by atoms with Gasteiger partial charge in [-0.15, -0.1) is 0 Å². The second-order valence-corrected chi connectivity index (χ2v) is 9.51. The van der Waals surface area contributed by atoms with Crippen LogP contribution in [0.15, 0.2) is 71.9 Å². The largest absolute Gasteiger partial charge is 0.379 e. The number of sulfonamides is 1. The number of morpholine rings is 1. The summed E-state index contributed by atoms with van der Waals surface area (Å²) in [6.45, 7) is 3.85. The molecule has 3 aromatic rings. The van der Waals surface area contributed by atoms with Crippen molar-refractivity contribution in [1.82, 2.24) is 9.88 Å². The molecule has 1 N–H and O–H groups in total. The van der Waals surface area contributed by atoms with Gasteiger partial charge in [0.1, 0.15) is 0 Å². The fourth-order valence-corrected chi connectivity index (χ4v) is 4.70. The van der Waals surface area contributed by atoms with Crippen LogP contribution in [0, 0.1) is 0 Å². The summed E-state index contributed by atoms with van der Waals surface area (Å²) < 4.78 is 33.9. The highest BCUT2D eigenvalue weighted by Crippen LogP contribution is 2.26. The Kier molecular flexibility index (Phi) is 6.86. The molecule has 32 heavy (non-hydrogen) atoms. The Labute approximate surface area is 192 Å². The topological polar surface area (TPSA) is 88.6 Å². The molecule has 1 aliphatic rings. The molecule has 0 atom stereocenters. The van der Waals surface area contributed by atoms with Crippen LogP contribution in [0.5, 0.6) is 0 Å². The van der Waals surface area contributed by atoms with Crippen molar-refractivity contribution in [1.29, 1.82) is 0 Å². The lowest BCUT2D eigenvalue weighted by molar-refractivity contribution is 0.0342. The third-order valence-electron chi connectivity index (χ3n) is 5.16. The molecule has 0 bridgehead atoms. The summed E-state index contributed by atoms with van der Waals surface area (Å²) >= 11 is 6.08. The number of ether oxygens (including phenoxy) is 1. The highest BCUT2D eigenvalue weighted by molar-refractivity contribution is 7.92. The van der Waals surface area contributed by atoms with Gasteiger partial charge in [0.05, 0.1) is 23.8 Å². The first-order valence-corrected chi connectivity index (χ1v) is 11.9. The number of aromatic nitrogens is 1. The SMILES string of the molecule is O=C(c1ccncc1)c1cc(Cl)ccc1NS(=O)(=O)c1ccc(CN2CCOCC2)cc1. The van der Waals surface area contributed by atoms with E-state index in [0.29, 0.717) is 23.8 Å². The molecule has 2 heterocycles. The molecular formula is C23H22ClN3O4S. The molecule has 1 aromatic heterocycles. The fraction of sp³-hybridized carbons (Fsp3) is 0.217. The van der Waals surface area contributed by atoms with E-state index in [1.165, 1.54) is 30.6 Å². The lowest BCUT2D eigenvalue weighted by atomic mass is 10.0. The van der Waals surface area contributed by atoms with Crippen LogP contribution < -0.4 is 4.72 Å². The predicted octanol–water partition coefficient (Wildman–Crippen LogP) is 3.60. The zero-order valence-electron chi connectivity index (χ0n) is 17.2. The normalized spacial score (nSPS) is 14.8. The third-order valence-corrected chi connectivity index (χ3v) is 6.77. The van der Waals surface area contributed by atoms with E-state index in [4.69, 9.17) is 16.3 Å². The Morgan fingerprint density at radius 1 is 1.03 bits per heavy atom. The number of carbonyl (C=O) groups is 1. The van der Waals surface area contributed by atoms with Gasteiger partial charge in [-0.1, -0.05) is 23.7 Å². The van der Waals surface area contributed by atoms with Crippen molar-refractivity contribution in [2.75, 3.05) is 31.0 Å². The van der Waals surface area contributed by atoms with Crippen LogP contribution in [0.1, 0.15) is 21.5 Å². The van der Waals surface area contributed by atoms with E-state index in [0.717, 1.165) is 25.2 Å². The highest BCUT2D eigenvalue weighted by atomic mass is 35.5. The highest BCUT2D eigenvalue weighted by Gasteiger charge is 2.20. The van der Waals surface area contributed by atoms with E-state index in [1.807, 2.05) is 0 Å². The average Bonchev–Trinajstić information content (AvgIpc) is 2.81. The molecule has 1 aliphatic heterocycles. The van der Waals surface area contributed by atoms with Gasteiger partial charge in [0.2, 0.25) is 0 Å². The molecule has 4 rings (SSSR count). The lowest BCUT2D eigenvalue weighted by Crippen LogP contribution is -2.35. The van der Waals surface area contributed by atoms with Crippen LogP contribution in [0.4, 0.5) is 5.69 Å². The van der Waals surface area contributed by atoms with Gasteiger partial charge in [-0.25, -0.2) is 8.42 Å². The number of hydrogen-bond acceptors (Lipinski definition) is 6. The van der Waals surface area contributed by atoms with Gasteiger partial charge in [0.25, 0.3) is 10.0 Å². The number of nitrogens with one attached hydrogen (secondary N) is 1. The molecule has 166 valence electrons. The molecule has 0 unspecified atom stereocenters. The van der Waals surface area contributed by atoms with Crippen LogP contribution in [0.2, 0.25) is 5.02 Å². The summed E-state index contributed by atoms with van der Waals surface area (Å²) in [5.41, 5.74) is 1.73. The summed E-state index contributed by atoms with van der Waals surface area (Å²) in [5.74, 6) is -0.353. The minimum atomic E-state index is -3.91. The first-order chi connectivity index (χ1) is 15.4. The van der Waals surface area contributed by atoms with E-state index < -0.39 is 10.0 Å². The van der Waals surface area contributed by atoms with Crippen molar-refractivity contribution in [2.24, 2.45) is 0 Å². The second kappa shape index (κ2) is 9.79. The summed E-state index contributed by atoms with van der Waals surface area (Å²) in [5, 5.41) is 0.331. The maximum Gasteiger partial charge on any atom is 0.261 e. The third kappa shape index (κ3) is 5.34. The summed E-state index contributed by atoms with van der Waals surface area (Å²) in [4.78, 5) is 19.2. The van der Waals surface area contributed by atoms with Gasteiger partial charge in [-0.2, -0.15) is 0 Å². The van der Waals surface area contributed by atoms with Gasteiger partial charge in [-0.3, -0.25) is 19.4 Å². The fourth-order valence-electron chi connectivity index (χ4n) is 3.45. The Morgan fingerprint density at radius 2 is 1.72 bits per heavy atom. The molecule has 2 aromatic carbocycles. The maximum absolute atomic E-state index is 13.0. The zero-order chi connectivity index (χ0) is 22.6. The number of rotatable bonds is 7. The van der Waals surface area contributed by atoms with Gasteiger partial charge >= 0.3 is 0 Å². The Morgan fingerprint density at radius 3 is 2.41 bits per heavy atom. The molecule has 1 fully saturated rings. The van der Waals surface area contributed by atoms with Crippen LogP contribution in [-0.2, 0) is 21.3 Å². The number of benzene rings is 2. The number of pyridine rings is 1. The number of hydrogen-bond donors (Lipinski definition) is 1. The molecule has 0 radical (unpaired) electrons. The van der Waals surface area contributed by atoms with Crippen LogP contribution in [0.3, 0.4) is 0 Å². The zero-order valence-corrected chi connectivity index (χ0v) is 18.8. The second-order valence-electron chi connectivity index (χ2n) is 7.39. The molecule has 9 heteroatoms. The summed E-state index contributed by atoms with van der Waals surface area (Å²) in [7, 11) is -3.91. The van der Waals surface area contributed by atoms with Gasteiger partial charge in [0.15, 0.2) is 5.78 Å². The molecule has 7 nitrogen and oxygen atoms in total. The van der Waals surface area contributed by atoms with Gasteiger partial charge < -0.3 is 4.74 Å². The standard InChI is InChI=1S/C23H22ClN3O4S/c24-19-3-6-22(21(15-19)23(28)18-7-9-25-10-8-18)26-32(29,30)20-4-1-17(2-5-20)16-27-11-13-31-14-12-27/h1-10,15,26H,11-14,16H2. The smallest absolute Gasteiger partial charge is 0.261 e. The monoisotopic (exact) mass is 471 g/mol. The minimum absolute atomic E-state index is 0.112. The van der Waals surface area contributed by atoms with Crippen molar-refractivity contribution in [2.45, 2.75) is 11.4 Å². The number of anilines is 1. The molecular weight excluding hydrogens is 450 g/mol. The molecule has 0 spiro atoms. The van der Waals surface area contributed by atoms with Crippen LogP contribution >= 0.6 is 11.6 Å². The molecule has 0 aliphatic carbocycles. The van der Waals surface area contributed by atoms with Crippen LogP contribution in [0.25, 0.3) is 0 Å². The van der Waals surface area contributed by atoms with Crippen molar-refractivity contribution >= 4 is 33.1 Å². The summed E-state index contributed by atoms with van der Waals surface area (Å²) in [6.07, 6.45) is 3.00. The summed E-state index contributed by atoms with van der Waals surface area (Å²) in [6, 6.07) is 14.3. The Balaban J connectivity index is 1.55. The predicted molar refractivity (Wildman–Crippen MR) is 122 cm³/mol. The number of ketones is 1. The van der Waals surface area contributed by atoms with E-state index in [-0.39, 0.29) is 21.9 Å². The Hall–Kier alpha value is -2.78. The lowest BCUT2D eigenvalue weighted by Gasteiger charge is -2.26. The molecule has 0 saturated carbocycles. The van der Waals surface area contributed by atoms with Crippen molar-refractivity contribution in [3.63, 3.8) is 0 Å². The first kappa shape index (κ1) is 22.4. The van der Waals surface area contributed by atoms with Gasteiger partial charge in [0, 0.05) is 48.2 Å². The maximum atomic E-state index is 13.0. The van der Waals surface area contributed by atoms with Crippen molar-refractivity contribution < 1.29 is 17.9 Å². The number of carbonyl (C=O) groups excluding carboxylic acids is 1. The molecule has 1 saturated heterocycles. The van der Waals surface area contributed by atoms with Gasteiger partial charge in [-0.05, 0) is 48.0 Å². The Bertz CT molecular complexity index is 1200. The van der Waals surface area contributed by atoms with Crippen molar-refractivity contribution in [3.8, 4) is 0 Å². The van der Waals surface area contributed by atoms with Crippen molar-refractivity contribution in [3.05, 3.63) is 88.7 Å². The van der Waals surface area contributed by atoms with Crippen LogP contribution in [-0.4, -0.2) is 50.4 Å². The quantitative estimate of drug-likeness (QED) is 0.530. The van der Waals surface area contributed by atoms with E-state index in [9.17, 15) is 13.2 Å². The molecule has 0 amide bonds. The number of halogens is 1. The minimum Gasteiger partial charge on any atom is -0.379 e. The first-order valence-electron chi connectivity index (χ1n) is 10.1. The van der Waals surface area contributed by atoms with E-state index in [1.54, 1.807) is 36.4 Å². The van der Waals surface area contributed by atoms with E-state index >= 15 is 0 Å².